The molecule has 22 heavy (non-hydrogen) atoms. The smallest absolute Gasteiger partial charge is 0.226 e. The molecule has 0 aromatic carbocycles. The first-order valence-electron chi connectivity index (χ1n) is 7.72. The van der Waals surface area contributed by atoms with Crippen LogP contribution in [0.1, 0.15) is 36.6 Å². The van der Waals surface area contributed by atoms with Crippen LogP contribution in [0, 0.1) is 12.8 Å². The van der Waals surface area contributed by atoms with Gasteiger partial charge >= 0.3 is 0 Å². The second kappa shape index (κ2) is 5.95. The van der Waals surface area contributed by atoms with Gasteiger partial charge in [0.05, 0.1) is 28.8 Å². The molecule has 3 heterocycles. The maximum Gasteiger partial charge on any atom is 0.226 e. The minimum Gasteiger partial charge on any atom is -0.342 e. The lowest BCUT2D eigenvalue weighted by atomic mass is 9.93. The number of piperidine rings is 1. The maximum atomic E-state index is 12.4. The molecule has 6 nitrogen and oxygen atoms in total. The largest absolute Gasteiger partial charge is 0.342 e. The van der Waals surface area contributed by atoms with Crippen molar-refractivity contribution in [3.8, 4) is 0 Å². The highest BCUT2D eigenvalue weighted by Crippen LogP contribution is 2.28. The summed E-state index contributed by atoms with van der Waals surface area (Å²) in [5, 5.41) is 0. The van der Waals surface area contributed by atoms with Crippen molar-refractivity contribution in [3.05, 3.63) is 23.8 Å². The summed E-state index contributed by atoms with van der Waals surface area (Å²) in [5.74, 6) is 0.187. The summed E-state index contributed by atoms with van der Waals surface area (Å²) < 4.78 is 23.0. The van der Waals surface area contributed by atoms with Gasteiger partial charge in [-0.3, -0.25) is 14.8 Å². The van der Waals surface area contributed by atoms with Crippen molar-refractivity contribution in [3.63, 3.8) is 0 Å². The van der Waals surface area contributed by atoms with E-state index in [1.807, 2.05) is 11.8 Å². The lowest BCUT2D eigenvalue weighted by Crippen LogP contribution is -2.41. The number of nitrogens with zero attached hydrogens (tertiary/aromatic N) is 3. The Morgan fingerprint density at radius 1 is 1.23 bits per heavy atom. The molecule has 0 unspecified atom stereocenters. The maximum absolute atomic E-state index is 12.4. The van der Waals surface area contributed by atoms with Crippen LogP contribution < -0.4 is 0 Å². The average molecular weight is 323 g/mol. The monoisotopic (exact) mass is 323 g/mol. The number of sulfone groups is 1. The number of hydrogen-bond donors (Lipinski definition) is 0. The van der Waals surface area contributed by atoms with Gasteiger partial charge in [-0.25, -0.2) is 8.42 Å². The number of rotatable bonds is 2. The van der Waals surface area contributed by atoms with Crippen LogP contribution in [0.25, 0.3) is 0 Å². The summed E-state index contributed by atoms with van der Waals surface area (Å²) in [6, 6.07) is 0. The van der Waals surface area contributed by atoms with Crippen molar-refractivity contribution in [2.24, 2.45) is 5.92 Å². The fourth-order valence-electron chi connectivity index (χ4n) is 3.32. The minimum absolute atomic E-state index is 0.00912. The van der Waals surface area contributed by atoms with Gasteiger partial charge in [-0.05, 0) is 26.2 Å². The molecule has 0 N–H and O–H groups in total. The van der Waals surface area contributed by atoms with E-state index < -0.39 is 9.84 Å². The number of likely N-dealkylation sites (tertiary alicyclic amines) is 1. The van der Waals surface area contributed by atoms with E-state index in [-0.39, 0.29) is 23.3 Å². The number of aryl methyl sites for hydroxylation is 1. The molecule has 0 spiro atoms. The Labute approximate surface area is 130 Å². The van der Waals surface area contributed by atoms with Gasteiger partial charge in [0, 0.05) is 31.4 Å². The van der Waals surface area contributed by atoms with Crippen LogP contribution in [0.2, 0.25) is 0 Å². The van der Waals surface area contributed by atoms with Gasteiger partial charge in [0.25, 0.3) is 0 Å². The molecule has 2 aliphatic heterocycles. The molecular weight excluding hydrogens is 302 g/mol. The topological polar surface area (TPSA) is 80.2 Å². The summed E-state index contributed by atoms with van der Waals surface area (Å²) in [7, 11) is -3.00. The summed E-state index contributed by atoms with van der Waals surface area (Å²) >= 11 is 0. The van der Waals surface area contributed by atoms with Crippen LogP contribution >= 0.6 is 0 Å². The van der Waals surface area contributed by atoms with Gasteiger partial charge in [0.15, 0.2) is 9.84 Å². The van der Waals surface area contributed by atoms with E-state index in [9.17, 15) is 13.2 Å². The van der Waals surface area contributed by atoms with Crippen molar-refractivity contribution in [1.29, 1.82) is 0 Å². The fraction of sp³-hybridized carbons (Fsp3) is 0.667. The van der Waals surface area contributed by atoms with Gasteiger partial charge < -0.3 is 4.90 Å². The van der Waals surface area contributed by atoms with E-state index >= 15 is 0 Å². The van der Waals surface area contributed by atoms with E-state index in [1.165, 1.54) is 0 Å². The molecule has 1 aromatic heterocycles. The number of carbonyl (C=O) groups is 1. The SMILES string of the molecule is Cc1cncc(C2CCN(C(=O)[C@@H]3CCS(=O)(=O)C3)CC2)n1. The zero-order valence-electron chi connectivity index (χ0n) is 12.7. The highest BCUT2D eigenvalue weighted by atomic mass is 32.2. The molecule has 1 amide bonds. The molecule has 0 aliphatic carbocycles. The summed E-state index contributed by atoms with van der Waals surface area (Å²) in [6.07, 6.45) is 5.75. The number of carbonyl (C=O) groups excluding carboxylic acids is 1. The quantitative estimate of drug-likeness (QED) is 0.809. The van der Waals surface area contributed by atoms with E-state index in [4.69, 9.17) is 0 Å². The first kappa shape index (κ1) is 15.4. The third-order valence-corrected chi connectivity index (χ3v) is 6.35. The van der Waals surface area contributed by atoms with Crippen LogP contribution in [0.5, 0.6) is 0 Å². The fourth-order valence-corrected chi connectivity index (χ4v) is 5.06. The molecule has 7 heteroatoms. The molecule has 2 fully saturated rings. The molecule has 120 valence electrons. The molecule has 3 rings (SSSR count). The summed E-state index contributed by atoms with van der Waals surface area (Å²) in [4.78, 5) is 22.9. The zero-order chi connectivity index (χ0) is 15.7. The number of amides is 1. The van der Waals surface area contributed by atoms with Crippen molar-refractivity contribution >= 4 is 15.7 Å². The average Bonchev–Trinajstić information content (AvgIpc) is 2.87. The van der Waals surface area contributed by atoms with E-state index in [1.54, 1.807) is 12.4 Å². The molecule has 0 saturated carbocycles. The number of aromatic nitrogens is 2. The van der Waals surface area contributed by atoms with E-state index in [0.29, 0.717) is 25.4 Å². The predicted octanol–water partition coefficient (Wildman–Crippen LogP) is 0.926. The van der Waals surface area contributed by atoms with Gasteiger partial charge in [-0.1, -0.05) is 0 Å². The highest BCUT2D eigenvalue weighted by Gasteiger charge is 2.36. The highest BCUT2D eigenvalue weighted by molar-refractivity contribution is 7.91. The van der Waals surface area contributed by atoms with Crippen molar-refractivity contribution < 1.29 is 13.2 Å². The Hall–Kier alpha value is -1.50. The second-order valence-corrected chi connectivity index (χ2v) is 8.51. The molecule has 0 bridgehead atoms. The third-order valence-electron chi connectivity index (χ3n) is 4.58. The second-order valence-electron chi connectivity index (χ2n) is 6.28. The van der Waals surface area contributed by atoms with Gasteiger partial charge in [0.2, 0.25) is 5.91 Å². The predicted molar refractivity (Wildman–Crippen MR) is 82.1 cm³/mol. The first-order valence-corrected chi connectivity index (χ1v) is 9.54. The van der Waals surface area contributed by atoms with E-state index in [2.05, 4.69) is 9.97 Å². The van der Waals surface area contributed by atoms with Crippen molar-refractivity contribution in [2.75, 3.05) is 24.6 Å². The lowest BCUT2D eigenvalue weighted by Gasteiger charge is -2.33. The Morgan fingerprint density at radius 2 is 1.95 bits per heavy atom. The van der Waals surface area contributed by atoms with Gasteiger partial charge in [0.1, 0.15) is 0 Å². The Bertz CT molecular complexity index is 666. The standard InChI is InChI=1S/C15H21N3O3S/c1-11-8-16-9-14(17-11)12-2-5-18(6-3-12)15(19)13-4-7-22(20,21)10-13/h8-9,12-13H,2-7,10H2,1H3/t13-/m1/s1. The van der Waals surface area contributed by atoms with Crippen LogP contribution in [0.4, 0.5) is 0 Å². The molecule has 1 aromatic rings. The zero-order valence-corrected chi connectivity index (χ0v) is 13.6. The Morgan fingerprint density at radius 3 is 2.55 bits per heavy atom. The number of hydrogen-bond acceptors (Lipinski definition) is 5. The third kappa shape index (κ3) is 3.29. The first-order chi connectivity index (χ1) is 10.4. The van der Waals surface area contributed by atoms with Gasteiger partial charge in [-0.15, -0.1) is 0 Å². The molecular formula is C15H21N3O3S. The summed E-state index contributed by atoms with van der Waals surface area (Å²) in [6.45, 7) is 3.28. The van der Waals surface area contributed by atoms with Crippen LogP contribution in [0.3, 0.4) is 0 Å². The lowest BCUT2D eigenvalue weighted by molar-refractivity contribution is -0.135. The van der Waals surface area contributed by atoms with E-state index in [0.717, 1.165) is 24.2 Å². The molecule has 2 saturated heterocycles. The van der Waals surface area contributed by atoms with Crippen molar-refractivity contribution in [1.82, 2.24) is 14.9 Å². The Kier molecular flexibility index (Phi) is 4.16. The molecule has 1 atom stereocenters. The molecule has 0 radical (unpaired) electrons. The van der Waals surface area contributed by atoms with Crippen LogP contribution in [0.15, 0.2) is 12.4 Å². The summed E-state index contributed by atoms with van der Waals surface area (Å²) in [5.41, 5.74) is 1.91. The van der Waals surface area contributed by atoms with Crippen LogP contribution in [-0.4, -0.2) is 53.8 Å². The van der Waals surface area contributed by atoms with Gasteiger partial charge in [-0.2, -0.15) is 0 Å². The molecule has 2 aliphatic rings. The van der Waals surface area contributed by atoms with Crippen molar-refractivity contribution in [2.45, 2.75) is 32.1 Å². The minimum atomic E-state index is -3.00. The Balaban J connectivity index is 1.59. The van der Waals surface area contributed by atoms with Crippen LogP contribution in [-0.2, 0) is 14.6 Å². The normalized spacial score (nSPS) is 25.3.